The SMILES string of the molecule is NS(=O)(=O)CCCC1CCS(=O)(=O)C1. The van der Waals surface area contributed by atoms with Gasteiger partial charge >= 0.3 is 0 Å². The fourth-order valence-corrected chi connectivity index (χ4v) is 4.15. The van der Waals surface area contributed by atoms with Crippen molar-refractivity contribution in [2.75, 3.05) is 17.3 Å². The van der Waals surface area contributed by atoms with E-state index in [1.165, 1.54) is 0 Å². The summed E-state index contributed by atoms with van der Waals surface area (Å²) in [5, 5.41) is 4.83. The zero-order valence-corrected chi connectivity index (χ0v) is 9.48. The highest BCUT2D eigenvalue weighted by Crippen LogP contribution is 2.22. The van der Waals surface area contributed by atoms with Gasteiger partial charge < -0.3 is 0 Å². The Hall–Kier alpha value is -0.140. The van der Waals surface area contributed by atoms with Crippen LogP contribution < -0.4 is 5.14 Å². The highest BCUT2D eigenvalue weighted by atomic mass is 32.2. The van der Waals surface area contributed by atoms with Crippen LogP contribution in [0.2, 0.25) is 0 Å². The van der Waals surface area contributed by atoms with Crippen LogP contribution in [0.15, 0.2) is 0 Å². The molecular weight excluding hydrogens is 226 g/mol. The molecule has 1 heterocycles. The maximum Gasteiger partial charge on any atom is 0.209 e. The van der Waals surface area contributed by atoms with E-state index in [1.807, 2.05) is 0 Å². The number of primary sulfonamides is 1. The summed E-state index contributed by atoms with van der Waals surface area (Å²) >= 11 is 0. The molecule has 0 radical (unpaired) electrons. The predicted molar refractivity (Wildman–Crippen MR) is 54.0 cm³/mol. The standard InChI is InChI=1S/C7H15NO4S2/c8-14(11,12)4-1-2-7-3-5-13(9,10)6-7/h7H,1-6H2,(H2,8,11,12). The molecule has 1 saturated heterocycles. The van der Waals surface area contributed by atoms with Gasteiger partial charge in [0.1, 0.15) is 0 Å². The van der Waals surface area contributed by atoms with Crippen LogP contribution in [0.4, 0.5) is 0 Å². The third-order valence-corrected chi connectivity index (χ3v) is 5.06. The highest BCUT2D eigenvalue weighted by molar-refractivity contribution is 7.91. The number of hydrogen-bond donors (Lipinski definition) is 1. The van der Waals surface area contributed by atoms with E-state index in [2.05, 4.69) is 0 Å². The fourth-order valence-electron chi connectivity index (χ4n) is 1.67. The Labute approximate surface area is 84.6 Å². The highest BCUT2D eigenvalue weighted by Gasteiger charge is 2.27. The minimum absolute atomic E-state index is 0.0520. The Bertz CT molecular complexity index is 384. The predicted octanol–water partition coefficient (Wildman–Crippen LogP) is -0.510. The van der Waals surface area contributed by atoms with Gasteiger partial charge in [0.15, 0.2) is 9.84 Å². The first kappa shape index (κ1) is 11.9. The van der Waals surface area contributed by atoms with Crippen molar-refractivity contribution in [3.63, 3.8) is 0 Å². The van der Waals surface area contributed by atoms with Crippen molar-refractivity contribution in [1.29, 1.82) is 0 Å². The Balaban J connectivity index is 2.28. The van der Waals surface area contributed by atoms with E-state index in [-0.39, 0.29) is 23.2 Å². The lowest BCUT2D eigenvalue weighted by Gasteiger charge is -2.05. The van der Waals surface area contributed by atoms with Crippen LogP contribution in [0.1, 0.15) is 19.3 Å². The normalized spacial score (nSPS) is 26.5. The lowest BCUT2D eigenvalue weighted by Crippen LogP contribution is -2.17. The molecule has 0 aromatic carbocycles. The summed E-state index contributed by atoms with van der Waals surface area (Å²) in [6.07, 6.45) is 1.75. The summed E-state index contributed by atoms with van der Waals surface area (Å²) < 4.78 is 43.3. The lowest BCUT2D eigenvalue weighted by molar-refractivity contribution is 0.529. The Kier molecular flexibility index (Phi) is 3.54. The van der Waals surface area contributed by atoms with Crippen LogP contribution in [0.5, 0.6) is 0 Å². The topological polar surface area (TPSA) is 94.3 Å². The van der Waals surface area contributed by atoms with Gasteiger partial charge in [-0.15, -0.1) is 0 Å². The minimum atomic E-state index is -3.39. The molecule has 5 nitrogen and oxygen atoms in total. The van der Waals surface area contributed by atoms with Gasteiger partial charge in [-0.25, -0.2) is 22.0 Å². The molecule has 0 amide bonds. The molecular formula is C7H15NO4S2. The molecule has 1 atom stereocenters. The summed E-state index contributed by atoms with van der Waals surface area (Å²) in [5.74, 6) is 0.524. The van der Waals surface area contributed by atoms with Crippen molar-refractivity contribution in [2.24, 2.45) is 11.1 Å². The lowest BCUT2D eigenvalue weighted by atomic mass is 10.0. The van der Waals surface area contributed by atoms with Crippen molar-refractivity contribution in [2.45, 2.75) is 19.3 Å². The molecule has 1 unspecified atom stereocenters. The maximum atomic E-state index is 11.1. The molecule has 1 aliphatic heterocycles. The first-order valence-corrected chi connectivity index (χ1v) is 8.03. The monoisotopic (exact) mass is 241 g/mol. The van der Waals surface area contributed by atoms with Gasteiger partial charge in [0, 0.05) is 0 Å². The molecule has 0 bridgehead atoms. The molecule has 7 heteroatoms. The van der Waals surface area contributed by atoms with Gasteiger partial charge in [-0.1, -0.05) is 0 Å². The maximum absolute atomic E-state index is 11.1. The van der Waals surface area contributed by atoms with Crippen LogP contribution in [0, 0.1) is 5.92 Å². The molecule has 14 heavy (non-hydrogen) atoms. The third kappa shape index (κ3) is 4.39. The Morgan fingerprint density at radius 2 is 2.00 bits per heavy atom. The molecule has 1 fully saturated rings. The average molecular weight is 241 g/mol. The van der Waals surface area contributed by atoms with Gasteiger partial charge in [-0.2, -0.15) is 0 Å². The second kappa shape index (κ2) is 4.16. The van der Waals surface area contributed by atoms with E-state index in [1.54, 1.807) is 0 Å². The molecule has 0 aromatic rings. The molecule has 1 rings (SSSR count). The van der Waals surface area contributed by atoms with E-state index < -0.39 is 19.9 Å². The molecule has 0 saturated carbocycles. The first-order chi connectivity index (χ1) is 6.29. The molecule has 0 aromatic heterocycles. The van der Waals surface area contributed by atoms with Gasteiger partial charge in [-0.05, 0) is 25.2 Å². The fraction of sp³-hybridized carbons (Fsp3) is 1.00. The van der Waals surface area contributed by atoms with Crippen LogP contribution in [-0.2, 0) is 19.9 Å². The summed E-state index contributed by atoms with van der Waals surface area (Å²) in [6, 6.07) is 0. The zero-order valence-electron chi connectivity index (χ0n) is 7.85. The van der Waals surface area contributed by atoms with Gasteiger partial charge in [-0.3, -0.25) is 0 Å². The summed E-state index contributed by atoms with van der Waals surface area (Å²) in [6.45, 7) is 0. The van der Waals surface area contributed by atoms with Gasteiger partial charge in [0.2, 0.25) is 10.0 Å². The molecule has 1 aliphatic rings. The summed E-state index contributed by atoms with van der Waals surface area (Å²) in [4.78, 5) is 0. The molecule has 0 spiro atoms. The second-order valence-electron chi connectivity index (χ2n) is 3.78. The van der Waals surface area contributed by atoms with E-state index >= 15 is 0 Å². The number of sulfonamides is 1. The van der Waals surface area contributed by atoms with Crippen LogP contribution in [-0.4, -0.2) is 34.1 Å². The van der Waals surface area contributed by atoms with Gasteiger partial charge in [0.05, 0.1) is 17.3 Å². The van der Waals surface area contributed by atoms with E-state index in [0.29, 0.717) is 19.3 Å². The van der Waals surface area contributed by atoms with E-state index in [4.69, 9.17) is 5.14 Å². The molecule has 84 valence electrons. The Morgan fingerprint density at radius 3 is 2.43 bits per heavy atom. The van der Waals surface area contributed by atoms with Crippen molar-refractivity contribution in [3.8, 4) is 0 Å². The average Bonchev–Trinajstić information content (AvgIpc) is 2.27. The number of rotatable bonds is 4. The van der Waals surface area contributed by atoms with E-state index in [0.717, 1.165) is 0 Å². The number of nitrogens with two attached hydrogens (primary N) is 1. The largest absolute Gasteiger partial charge is 0.229 e. The van der Waals surface area contributed by atoms with E-state index in [9.17, 15) is 16.8 Å². The van der Waals surface area contributed by atoms with Crippen molar-refractivity contribution >= 4 is 19.9 Å². The summed E-state index contributed by atoms with van der Waals surface area (Å²) in [7, 11) is -6.24. The van der Waals surface area contributed by atoms with Crippen LogP contribution in [0.25, 0.3) is 0 Å². The smallest absolute Gasteiger partial charge is 0.209 e. The minimum Gasteiger partial charge on any atom is -0.229 e. The molecule has 2 N–H and O–H groups in total. The molecule has 0 aliphatic carbocycles. The Morgan fingerprint density at radius 1 is 1.36 bits per heavy atom. The van der Waals surface area contributed by atoms with Crippen LogP contribution >= 0.6 is 0 Å². The number of sulfone groups is 1. The summed E-state index contributed by atoms with van der Waals surface area (Å²) in [5.41, 5.74) is 0. The quantitative estimate of drug-likeness (QED) is 0.717. The third-order valence-electron chi connectivity index (χ3n) is 2.37. The van der Waals surface area contributed by atoms with Crippen molar-refractivity contribution < 1.29 is 16.8 Å². The second-order valence-corrected chi connectivity index (χ2v) is 7.74. The van der Waals surface area contributed by atoms with Crippen molar-refractivity contribution in [1.82, 2.24) is 0 Å². The first-order valence-electron chi connectivity index (χ1n) is 4.49. The van der Waals surface area contributed by atoms with Crippen LogP contribution in [0.3, 0.4) is 0 Å². The zero-order chi connectivity index (χ0) is 10.8. The number of hydrogen-bond acceptors (Lipinski definition) is 4. The van der Waals surface area contributed by atoms with Gasteiger partial charge in [0.25, 0.3) is 0 Å². The van der Waals surface area contributed by atoms with Crippen molar-refractivity contribution in [3.05, 3.63) is 0 Å².